The third kappa shape index (κ3) is 4.80. The molecule has 1 aromatic rings. The summed E-state index contributed by atoms with van der Waals surface area (Å²) >= 11 is 6.77. The van der Waals surface area contributed by atoms with Crippen molar-refractivity contribution in [3.63, 3.8) is 0 Å². The molecule has 1 N–H and O–H groups in total. The first-order chi connectivity index (χ1) is 8.04. The summed E-state index contributed by atoms with van der Waals surface area (Å²) in [6.45, 7) is 4.24. The van der Waals surface area contributed by atoms with Crippen LogP contribution in [0.2, 0.25) is 0 Å². The minimum absolute atomic E-state index is 0.00264. The molecule has 2 nitrogen and oxygen atoms in total. The number of rotatable bonds is 5. The van der Waals surface area contributed by atoms with Crippen molar-refractivity contribution in [2.24, 2.45) is 5.92 Å². The number of hydrogen-bond acceptors (Lipinski definition) is 1. The van der Waals surface area contributed by atoms with Crippen LogP contribution in [0, 0.1) is 5.92 Å². The van der Waals surface area contributed by atoms with Crippen molar-refractivity contribution in [1.82, 2.24) is 5.32 Å². The van der Waals surface area contributed by atoms with Crippen LogP contribution in [0.5, 0.6) is 0 Å². The first-order valence-corrected chi connectivity index (χ1v) is 7.58. The maximum Gasteiger partial charge on any atom is 0.251 e. The second kappa shape index (κ2) is 7.17. The lowest BCUT2D eigenvalue weighted by atomic mass is 10.0. The molecule has 0 aliphatic rings. The predicted molar refractivity (Wildman–Crippen MR) is 78.6 cm³/mol. The van der Waals surface area contributed by atoms with Crippen molar-refractivity contribution in [2.45, 2.75) is 26.3 Å². The van der Waals surface area contributed by atoms with E-state index in [1.165, 1.54) is 0 Å². The van der Waals surface area contributed by atoms with Crippen LogP contribution in [0.25, 0.3) is 0 Å². The lowest BCUT2D eigenvalue weighted by Crippen LogP contribution is -2.38. The van der Waals surface area contributed by atoms with Crippen molar-refractivity contribution in [1.29, 1.82) is 0 Å². The van der Waals surface area contributed by atoms with E-state index in [1.807, 2.05) is 24.3 Å². The van der Waals surface area contributed by atoms with Gasteiger partial charge >= 0.3 is 0 Å². The molecule has 94 valence electrons. The van der Waals surface area contributed by atoms with Crippen LogP contribution >= 0.6 is 31.9 Å². The fourth-order valence-electron chi connectivity index (χ4n) is 1.54. The molecule has 0 saturated carbocycles. The zero-order chi connectivity index (χ0) is 12.8. The fourth-order valence-corrected chi connectivity index (χ4v) is 2.30. The van der Waals surface area contributed by atoms with Gasteiger partial charge in [0.15, 0.2) is 0 Å². The van der Waals surface area contributed by atoms with Crippen LogP contribution < -0.4 is 5.32 Å². The first-order valence-electron chi connectivity index (χ1n) is 5.67. The Hall–Kier alpha value is -0.350. The molecule has 0 fully saturated rings. The van der Waals surface area contributed by atoms with Gasteiger partial charge < -0.3 is 5.32 Å². The molecule has 17 heavy (non-hydrogen) atoms. The molecule has 1 aromatic carbocycles. The normalized spacial score (nSPS) is 12.5. The summed E-state index contributed by atoms with van der Waals surface area (Å²) in [5.41, 5.74) is 0.702. The first kappa shape index (κ1) is 14.7. The molecule has 0 aliphatic carbocycles. The van der Waals surface area contributed by atoms with Gasteiger partial charge in [0, 0.05) is 21.4 Å². The fraction of sp³-hybridized carbons (Fsp3) is 0.462. The Kier molecular flexibility index (Phi) is 6.20. The van der Waals surface area contributed by atoms with Crippen LogP contribution in [0.4, 0.5) is 0 Å². The summed E-state index contributed by atoms with van der Waals surface area (Å²) < 4.78 is 0.981. The Labute approximate surface area is 119 Å². The highest BCUT2D eigenvalue weighted by molar-refractivity contribution is 9.10. The van der Waals surface area contributed by atoms with Crippen molar-refractivity contribution in [2.75, 3.05) is 5.33 Å². The molecular formula is C13H17Br2NO. The Morgan fingerprint density at radius 2 is 1.88 bits per heavy atom. The quantitative estimate of drug-likeness (QED) is 0.788. The van der Waals surface area contributed by atoms with E-state index >= 15 is 0 Å². The van der Waals surface area contributed by atoms with Crippen LogP contribution in [0.15, 0.2) is 28.7 Å². The van der Waals surface area contributed by atoms with Gasteiger partial charge in [-0.2, -0.15) is 0 Å². The zero-order valence-electron chi connectivity index (χ0n) is 10.0. The van der Waals surface area contributed by atoms with Crippen LogP contribution in [-0.4, -0.2) is 17.3 Å². The minimum atomic E-state index is -0.00264. The predicted octanol–water partition coefficient (Wildman–Crippen LogP) is 3.99. The Morgan fingerprint density at radius 3 is 2.35 bits per heavy atom. The minimum Gasteiger partial charge on any atom is -0.349 e. The highest BCUT2D eigenvalue weighted by Crippen LogP contribution is 2.12. The molecule has 0 bridgehead atoms. The lowest BCUT2D eigenvalue weighted by Gasteiger charge is -2.21. The van der Waals surface area contributed by atoms with Crippen molar-refractivity contribution < 1.29 is 4.79 Å². The zero-order valence-corrected chi connectivity index (χ0v) is 13.2. The van der Waals surface area contributed by atoms with Gasteiger partial charge in [0.05, 0.1) is 0 Å². The highest BCUT2D eigenvalue weighted by Gasteiger charge is 2.16. The number of hydrogen-bond donors (Lipinski definition) is 1. The maximum absolute atomic E-state index is 12.0. The van der Waals surface area contributed by atoms with Crippen LogP contribution in [0.1, 0.15) is 30.6 Å². The molecular weight excluding hydrogens is 346 g/mol. The monoisotopic (exact) mass is 361 g/mol. The molecule has 0 saturated heterocycles. The van der Waals surface area contributed by atoms with Gasteiger partial charge in [-0.3, -0.25) is 4.79 Å². The number of amides is 1. The molecule has 0 heterocycles. The Morgan fingerprint density at radius 1 is 1.29 bits per heavy atom. The number of nitrogens with one attached hydrogen (secondary N) is 1. The number of carbonyl (C=O) groups is 1. The van der Waals surface area contributed by atoms with E-state index in [0.29, 0.717) is 11.5 Å². The third-order valence-corrected chi connectivity index (χ3v) is 3.63. The summed E-state index contributed by atoms with van der Waals surface area (Å²) in [4.78, 5) is 12.0. The second-order valence-electron chi connectivity index (χ2n) is 4.31. The van der Waals surface area contributed by atoms with Gasteiger partial charge in [0.25, 0.3) is 5.91 Å². The molecule has 0 radical (unpaired) electrons. The molecule has 0 aliphatic heterocycles. The molecule has 4 heteroatoms. The summed E-state index contributed by atoms with van der Waals surface area (Å²) in [6, 6.07) is 7.62. The molecule has 0 aromatic heterocycles. The van der Waals surface area contributed by atoms with Crippen LogP contribution in [0.3, 0.4) is 0 Å². The molecule has 1 unspecified atom stereocenters. The van der Waals surface area contributed by atoms with Gasteiger partial charge in [-0.15, -0.1) is 0 Å². The third-order valence-electron chi connectivity index (χ3n) is 2.65. The number of carbonyl (C=O) groups excluding carboxylic acids is 1. The van der Waals surface area contributed by atoms with Gasteiger partial charge in [-0.05, 0) is 36.6 Å². The number of halogens is 2. The van der Waals surface area contributed by atoms with Gasteiger partial charge in [0.2, 0.25) is 0 Å². The van der Waals surface area contributed by atoms with Crippen molar-refractivity contribution >= 4 is 37.8 Å². The van der Waals surface area contributed by atoms with Gasteiger partial charge in [0.1, 0.15) is 0 Å². The summed E-state index contributed by atoms with van der Waals surface area (Å²) in [6.07, 6.45) is 0.944. The summed E-state index contributed by atoms with van der Waals surface area (Å²) in [5, 5.41) is 3.97. The van der Waals surface area contributed by atoms with Crippen molar-refractivity contribution in [3.05, 3.63) is 34.3 Å². The van der Waals surface area contributed by atoms with E-state index in [4.69, 9.17) is 0 Å². The summed E-state index contributed by atoms with van der Waals surface area (Å²) in [7, 11) is 0. The smallest absolute Gasteiger partial charge is 0.251 e. The average molecular weight is 363 g/mol. The van der Waals surface area contributed by atoms with Gasteiger partial charge in [-0.1, -0.05) is 45.7 Å². The van der Waals surface area contributed by atoms with E-state index in [-0.39, 0.29) is 11.9 Å². The van der Waals surface area contributed by atoms with E-state index < -0.39 is 0 Å². The SMILES string of the molecule is CC(C)C(CCBr)NC(=O)c1ccc(Br)cc1. The van der Waals surface area contributed by atoms with E-state index in [1.54, 1.807) is 0 Å². The average Bonchev–Trinajstić information content (AvgIpc) is 2.29. The lowest BCUT2D eigenvalue weighted by molar-refractivity contribution is 0.0925. The van der Waals surface area contributed by atoms with E-state index in [0.717, 1.165) is 16.2 Å². The van der Waals surface area contributed by atoms with E-state index in [9.17, 15) is 4.79 Å². The number of alkyl halides is 1. The molecule has 1 atom stereocenters. The van der Waals surface area contributed by atoms with Gasteiger partial charge in [-0.25, -0.2) is 0 Å². The Bertz CT molecular complexity index is 362. The van der Waals surface area contributed by atoms with E-state index in [2.05, 4.69) is 51.0 Å². The van der Waals surface area contributed by atoms with Crippen molar-refractivity contribution in [3.8, 4) is 0 Å². The Balaban J connectivity index is 2.66. The largest absolute Gasteiger partial charge is 0.349 e. The molecule has 1 amide bonds. The maximum atomic E-state index is 12.0. The highest BCUT2D eigenvalue weighted by atomic mass is 79.9. The van der Waals surface area contributed by atoms with Crippen LogP contribution in [-0.2, 0) is 0 Å². The molecule has 1 rings (SSSR count). The standard InChI is InChI=1S/C13H17Br2NO/c1-9(2)12(7-8-14)16-13(17)10-3-5-11(15)6-4-10/h3-6,9,12H,7-8H2,1-2H3,(H,16,17). The molecule has 0 spiro atoms. The second-order valence-corrected chi connectivity index (χ2v) is 6.02. The topological polar surface area (TPSA) is 29.1 Å². The number of benzene rings is 1. The summed E-state index contributed by atoms with van der Waals surface area (Å²) in [5.74, 6) is 0.434.